The first-order valence-electron chi connectivity index (χ1n) is 8.10. The SMILES string of the molecule is Cc1c2n(c3ccccc13)Cc1cccc(-c3ccccc3)c1-2. The van der Waals surface area contributed by atoms with Crippen LogP contribution in [0.3, 0.4) is 0 Å². The molecule has 2 heterocycles. The van der Waals surface area contributed by atoms with E-state index in [9.17, 15) is 0 Å². The third kappa shape index (κ3) is 1.68. The molecule has 0 unspecified atom stereocenters. The molecule has 0 amide bonds. The number of nitrogens with zero attached hydrogens (tertiary/aromatic N) is 1. The van der Waals surface area contributed by atoms with Crippen molar-refractivity contribution in [3.05, 3.63) is 83.9 Å². The van der Waals surface area contributed by atoms with Gasteiger partial charge in [-0.25, -0.2) is 0 Å². The first-order valence-corrected chi connectivity index (χ1v) is 8.10. The number of hydrogen-bond donors (Lipinski definition) is 0. The molecule has 1 aliphatic rings. The number of benzene rings is 3. The molecule has 5 rings (SSSR count). The van der Waals surface area contributed by atoms with Crippen LogP contribution < -0.4 is 0 Å². The van der Waals surface area contributed by atoms with Gasteiger partial charge in [0.05, 0.1) is 5.69 Å². The van der Waals surface area contributed by atoms with Gasteiger partial charge >= 0.3 is 0 Å². The molecule has 0 radical (unpaired) electrons. The van der Waals surface area contributed by atoms with Gasteiger partial charge in [0, 0.05) is 23.0 Å². The van der Waals surface area contributed by atoms with E-state index in [0.717, 1.165) is 6.54 Å². The molecule has 0 aliphatic carbocycles. The number of hydrogen-bond acceptors (Lipinski definition) is 0. The summed E-state index contributed by atoms with van der Waals surface area (Å²) in [7, 11) is 0. The lowest BCUT2D eigenvalue weighted by Crippen LogP contribution is -1.91. The molecule has 0 N–H and O–H groups in total. The molecule has 1 aromatic heterocycles. The Balaban J connectivity index is 1.87. The van der Waals surface area contributed by atoms with Crippen molar-refractivity contribution in [2.75, 3.05) is 0 Å². The third-order valence-electron chi connectivity index (χ3n) is 5.02. The van der Waals surface area contributed by atoms with Crippen LogP contribution in [-0.4, -0.2) is 4.57 Å². The van der Waals surface area contributed by atoms with Crippen molar-refractivity contribution >= 4 is 10.9 Å². The molecule has 4 aromatic rings. The average molecular weight is 295 g/mol. The van der Waals surface area contributed by atoms with Crippen molar-refractivity contribution in [3.63, 3.8) is 0 Å². The largest absolute Gasteiger partial charge is 0.336 e. The van der Waals surface area contributed by atoms with Crippen molar-refractivity contribution in [1.29, 1.82) is 0 Å². The van der Waals surface area contributed by atoms with E-state index in [1.165, 1.54) is 44.4 Å². The second-order valence-electron chi connectivity index (χ2n) is 6.28. The summed E-state index contributed by atoms with van der Waals surface area (Å²) in [6, 6.07) is 26.2. The Bertz CT molecular complexity index is 1040. The Morgan fingerprint density at radius 1 is 0.783 bits per heavy atom. The molecule has 0 bridgehead atoms. The number of fused-ring (bicyclic) bond motifs is 5. The normalized spacial score (nSPS) is 12.4. The maximum atomic E-state index is 2.47. The van der Waals surface area contributed by atoms with Gasteiger partial charge < -0.3 is 4.57 Å². The maximum absolute atomic E-state index is 2.47. The van der Waals surface area contributed by atoms with Gasteiger partial charge in [-0.1, -0.05) is 66.7 Å². The van der Waals surface area contributed by atoms with Crippen molar-refractivity contribution in [3.8, 4) is 22.4 Å². The summed E-state index contributed by atoms with van der Waals surface area (Å²) < 4.78 is 2.47. The summed E-state index contributed by atoms with van der Waals surface area (Å²) in [5.74, 6) is 0. The summed E-state index contributed by atoms with van der Waals surface area (Å²) in [5, 5.41) is 1.37. The molecule has 3 aromatic carbocycles. The van der Waals surface area contributed by atoms with Gasteiger partial charge in [-0.15, -0.1) is 0 Å². The molecule has 1 heteroatoms. The number of aryl methyl sites for hydroxylation is 1. The summed E-state index contributed by atoms with van der Waals surface area (Å²) in [6.07, 6.45) is 0. The van der Waals surface area contributed by atoms with Gasteiger partial charge in [-0.05, 0) is 35.2 Å². The molecule has 0 fully saturated rings. The second-order valence-corrected chi connectivity index (χ2v) is 6.28. The van der Waals surface area contributed by atoms with Crippen molar-refractivity contribution in [2.45, 2.75) is 13.5 Å². The minimum absolute atomic E-state index is 0.972. The highest BCUT2D eigenvalue weighted by molar-refractivity contribution is 5.98. The van der Waals surface area contributed by atoms with Gasteiger partial charge in [0.1, 0.15) is 0 Å². The Labute approximate surface area is 135 Å². The van der Waals surface area contributed by atoms with E-state index >= 15 is 0 Å². The van der Waals surface area contributed by atoms with Crippen LogP contribution in [0.25, 0.3) is 33.3 Å². The lowest BCUT2D eigenvalue weighted by atomic mass is 9.93. The van der Waals surface area contributed by atoms with Crippen LogP contribution in [0.5, 0.6) is 0 Å². The van der Waals surface area contributed by atoms with E-state index in [1.807, 2.05) is 0 Å². The van der Waals surface area contributed by atoms with E-state index in [2.05, 4.69) is 84.3 Å². The minimum Gasteiger partial charge on any atom is -0.336 e. The topological polar surface area (TPSA) is 4.93 Å². The van der Waals surface area contributed by atoms with Crippen LogP contribution in [0.15, 0.2) is 72.8 Å². The van der Waals surface area contributed by atoms with E-state index in [1.54, 1.807) is 0 Å². The Morgan fingerprint density at radius 2 is 1.57 bits per heavy atom. The van der Waals surface area contributed by atoms with E-state index in [-0.39, 0.29) is 0 Å². The van der Waals surface area contributed by atoms with Crippen molar-refractivity contribution in [1.82, 2.24) is 4.57 Å². The first kappa shape index (κ1) is 12.7. The van der Waals surface area contributed by atoms with Gasteiger partial charge in [0.25, 0.3) is 0 Å². The van der Waals surface area contributed by atoms with Gasteiger partial charge in [0.2, 0.25) is 0 Å². The quantitative estimate of drug-likeness (QED) is 0.377. The molecule has 1 aliphatic heterocycles. The molecule has 1 nitrogen and oxygen atoms in total. The molecule has 0 saturated heterocycles. The predicted molar refractivity (Wildman–Crippen MR) is 96.6 cm³/mol. The van der Waals surface area contributed by atoms with Crippen LogP contribution in [0.1, 0.15) is 11.1 Å². The second kappa shape index (κ2) is 4.60. The summed E-state index contributed by atoms with van der Waals surface area (Å²) in [4.78, 5) is 0. The van der Waals surface area contributed by atoms with Crippen LogP contribution >= 0.6 is 0 Å². The number of para-hydroxylation sites is 1. The summed E-state index contributed by atoms with van der Waals surface area (Å²) in [5.41, 5.74) is 9.59. The fraction of sp³-hybridized carbons (Fsp3) is 0.0909. The Hall–Kier alpha value is -2.80. The number of aromatic nitrogens is 1. The highest BCUT2D eigenvalue weighted by Gasteiger charge is 2.26. The van der Waals surface area contributed by atoms with Gasteiger partial charge in [0.15, 0.2) is 0 Å². The van der Waals surface area contributed by atoms with Gasteiger partial charge in [-0.3, -0.25) is 0 Å². The highest BCUT2D eigenvalue weighted by atomic mass is 15.0. The van der Waals surface area contributed by atoms with Crippen molar-refractivity contribution < 1.29 is 0 Å². The first-order chi connectivity index (χ1) is 11.3. The number of rotatable bonds is 1. The monoisotopic (exact) mass is 295 g/mol. The molecular formula is C22H17N. The average Bonchev–Trinajstić information content (AvgIpc) is 3.12. The summed E-state index contributed by atoms with van der Waals surface area (Å²) in [6.45, 7) is 3.23. The molecule has 0 saturated carbocycles. The zero-order chi connectivity index (χ0) is 15.4. The fourth-order valence-electron chi connectivity index (χ4n) is 4.00. The fourth-order valence-corrected chi connectivity index (χ4v) is 4.00. The maximum Gasteiger partial charge on any atom is 0.0533 e. The lowest BCUT2D eigenvalue weighted by molar-refractivity contribution is 0.885. The zero-order valence-electron chi connectivity index (χ0n) is 13.1. The predicted octanol–water partition coefficient (Wildman–Crippen LogP) is 5.65. The molecule has 0 spiro atoms. The minimum atomic E-state index is 0.972. The van der Waals surface area contributed by atoms with E-state index in [0.29, 0.717) is 0 Å². The standard InChI is InChI=1S/C22H17N/c1-15-18-11-5-6-13-20(18)23-14-17-10-7-12-19(21(17)22(15)23)16-8-3-2-4-9-16/h2-13H,14H2,1H3. The zero-order valence-corrected chi connectivity index (χ0v) is 13.1. The summed E-state index contributed by atoms with van der Waals surface area (Å²) >= 11 is 0. The van der Waals surface area contributed by atoms with Crippen LogP contribution in [0.4, 0.5) is 0 Å². The smallest absolute Gasteiger partial charge is 0.0533 e. The van der Waals surface area contributed by atoms with Gasteiger partial charge in [-0.2, -0.15) is 0 Å². The highest BCUT2D eigenvalue weighted by Crippen LogP contribution is 2.45. The molecule has 110 valence electrons. The van der Waals surface area contributed by atoms with Crippen LogP contribution in [0, 0.1) is 6.92 Å². The third-order valence-corrected chi connectivity index (χ3v) is 5.02. The van der Waals surface area contributed by atoms with Crippen molar-refractivity contribution in [2.24, 2.45) is 0 Å². The Kier molecular flexibility index (Phi) is 2.54. The van der Waals surface area contributed by atoms with Crippen LogP contribution in [-0.2, 0) is 6.54 Å². The van der Waals surface area contributed by atoms with Crippen LogP contribution in [0.2, 0.25) is 0 Å². The lowest BCUT2D eigenvalue weighted by Gasteiger charge is -2.09. The molecular weight excluding hydrogens is 278 g/mol. The van der Waals surface area contributed by atoms with E-state index in [4.69, 9.17) is 0 Å². The molecule has 23 heavy (non-hydrogen) atoms. The Morgan fingerprint density at radius 3 is 2.43 bits per heavy atom. The molecule has 0 atom stereocenters. The van der Waals surface area contributed by atoms with E-state index < -0.39 is 0 Å².